The number of aromatic nitrogens is 3. The Morgan fingerprint density at radius 3 is 2.91 bits per heavy atom. The van der Waals surface area contributed by atoms with Gasteiger partial charge in [-0.05, 0) is 19.1 Å². The lowest BCUT2D eigenvalue weighted by atomic mass is 10.1. The summed E-state index contributed by atoms with van der Waals surface area (Å²) in [5, 5.41) is 3.70. The molecule has 120 valence electrons. The van der Waals surface area contributed by atoms with E-state index in [0.717, 1.165) is 0 Å². The lowest BCUT2D eigenvalue weighted by molar-refractivity contribution is -0.130. The van der Waals surface area contributed by atoms with E-state index in [4.69, 9.17) is 4.52 Å². The maximum Gasteiger partial charge on any atom is 0.270 e. The number of fused-ring (bicyclic) bond motifs is 3. The van der Waals surface area contributed by atoms with Crippen LogP contribution >= 0.6 is 0 Å². The fourth-order valence-electron chi connectivity index (χ4n) is 3.48. The van der Waals surface area contributed by atoms with Gasteiger partial charge in [-0.2, -0.15) is 4.98 Å². The van der Waals surface area contributed by atoms with E-state index in [0.29, 0.717) is 30.5 Å². The van der Waals surface area contributed by atoms with E-state index < -0.39 is 0 Å². The molecule has 2 aromatic heterocycles. The molecule has 2 aromatic rings. The van der Waals surface area contributed by atoms with Gasteiger partial charge in [-0.25, -0.2) is 0 Å². The third-order valence-corrected chi connectivity index (χ3v) is 4.66. The summed E-state index contributed by atoms with van der Waals surface area (Å²) >= 11 is 0. The van der Waals surface area contributed by atoms with Crippen LogP contribution in [0.2, 0.25) is 0 Å². The summed E-state index contributed by atoms with van der Waals surface area (Å²) in [7, 11) is 1.80. The zero-order valence-electron chi connectivity index (χ0n) is 13.0. The molecule has 2 aliphatic rings. The molecular weight excluding hydrogens is 298 g/mol. The summed E-state index contributed by atoms with van der Waals surface area (Å²) in [5.74, 6) is 0.786. The van der Waals surface area contributed by atoms with Crippen molar-refractivity contribution in [3.63, 3.8) is 0 Å². The second kappa shape index (κ2) is 4.94. The highest BCUT2D eigenvalue weighted by atomic mass is 16.5. The first-order valence-corrected chi connectivity index (χ1v) is 7.55. The molecular formula is C15H17N5O3. The molecule has 4 heterocycles. The molecule has 4 rings (SSSR count). The third-order valence-electron chi connectivity index (χ3n) is 4.66. The number of likely N-dealkylation sites (N-methyl/N-ethyl adjacent to an activating group) is 1. The first-order valence-electron chi connectivity index (χ1n) is 7.55. The predicted molar refractivity (Wildman–Crippen MR) is 78.7 cm³/mol. The molecule has 2 aliphatic heterocycles. The largest absolute Gasteiger partial charge is 0.339 e. The van der Waals surface area contributed by atoms with E-state index in [1.807, 2.05) is 22.9 Å². The number of amides is 2. The minimum atomic E-state index is -0.0578. The van der Waals surface area contributed by atoms with Crippen molar-refractivity contribution in [2.75, 3.05) is 20.1 Å². The van der Waals surface area contributed by atoms with Gasteiger partial charge >= 0.3 is 0 Å². The summed E-state index contributed by atoms with van der Waals surface area (Å²) in [6.07, 6.45) is 2.00. The Kier molecular flexibility index (Phi) is 3.00. The topological polar surface area (TPSA) is 84.5 Å². The molecule has 0 unspecified atom stereocenters. The van der Waals surface area contributed by atoms with Crippen LogP contribution < -0.4 is 0 Å². The molecule has 0 bridgehead atoms. The van der Waals surface area contributed by atoms with Gasteiger partial charge in [0.2, 0.25) is 11.8 Å². The van der Waals surface area contributed by atoms with Crippen LogP contribution in [0.5, 0.6) is 0 Å². The van der Waals surface area contributed by atoms with Gasteiger partial charge in [-0.15, -0.1) is 0 Å². The summed E-state index contributed by atoms with van der Waals surface area (Å²) in [6, 6.07) is 3.78. The summed E-state index contributed by atoms with van der Waals surface area (Å²) < 4.78 is 7.00. The Hall–Kier alpha value is -2.64. The van der Waals surface area contributed by atoms with Crippen molar-refractivity contribution in [1.29, 1.82) is 0 Å². The van der Waals surface area contributed by atoms with Gasteiger partial charge in [-0.3, -0.25) is 9.59 Å². The molecule has 1 saturated heterocycles. The van der Waals surface area contributed by atoms with Crippen molar-refractivity contribution in [2.24, 2.45) is 0 Å². The number of carbonyl (C=O) groups is 2. The predicted octanol–water partition coefficient (Wildman–Crippen LogP) is 0.260. The number of hydrogen-bond acceptors (Lipinski definition) is 5. The zero-order valence-corrected chi connectivity index (χ0v) is 13.0. The Balaban J connectivity index is 1.55. The number of carbonyl (C=O) groups excluding carboxylic acids is 2. The molecule has 2 atom stereocenters. The van der Waals surface area contributed by atoms with Crippen molar-refractivity contribution in [1.82, 2.24) is 24.5 Å². The van der Waals surface area contributed by atoms with Gasteiger partial charge in [0.15, 0.2) is 5.82 Å². The van der Waals surface area contributed by atoms with Crippen molar-refractivity contribution < 1.29 is 14.1 Å². The van der Waals surface area contributed by atoms with Crippen molar-refractivity contribution in [2.45, 2.75) is 25.4 Å². The molecule has 0 N–H and O–H groups in total. The van der Waals surface area contributed by atoms with Crippen LogP contribution in [-0.4, -0.2) is 62.5 Å². The second-order valence-electron chi connectivity index (χ2n) is 6.06. The van der Waals surface area contributed by atoms with Crippen molar-refractivity contribution in [3.8, 4) is 0 Å². The van der Waals surface area contributed by atoms with Crippen LogP contribution in [0.4, 0.5) is 0 Å². The Bertz CT molecular complexity index is 780. The minimum Gasteiger partial charge on any atom is -0.339 e. The maximum absolute atomic E-state index is 12.5. The van der Waals surface area contributed by atoms with Crippen molar-refractivity contribution in [3.05, 3.63) is 35.7 Å². The highest BCUT2D eigenvalue weighted by Gasteiger charge is 2.44. The number of nitrogens with zero attached hydrogens (tertiary/aromatic N) is 5. The first-order chi connectivity index (χ1) is 11.0. The van der Waals surface area contributed by atoms with Gasteiger partial charge in [0.05, 0.1) is 12.1 Å². The smallest absolute Gasteiger partial charge is 0.270 e. The number of likely N-dealkylation sites (tertiary alicyclic amines) is 1. The van der Waals surface area contributed by atoms with Crippen LogP contribution in [0.3, 0.4) is 0 Å². The van der Waals surface area contributed by atoms with E-state index in [-0.39, 0.29) is 30.3 Å². The Morgan fingerprint density at radius 2 is 2.17 bits per heavy atom. The molecule has 23 heavy (non-hydrogen) atoms. The van der Waals surface area contributed by atoms with Gasteiger partial charge in [0.25, 0.3) is 5.91 Å². The normalized spacial score (nSPS) is 23.1. The fraction of sp³-hybridized carbons (Fsp3) is 0.467. The molecule has 8 nitrogen and oxygen atoms in total. The van der Waals surface area contributed by atoms with Crippen LogP contribution in [-0.2, 0) is 11.2 Å². The monoisotopic (exact) mass is 315 g/mol. The van der Waals surface area contributed by atoms with Crippen LogP contribution in [0.15, 0.2) is 22.9 Å². The maximum atomic E-state index is 12.5. The molecule has 0 aliphatic carbocycles. The second-order valence-corrected chi connectivity index (χ2v) is 6.06. The van der Waals surface area contributed by atoms with Crippen LogP contribution in [0.25, 0.3) is 0 Å². The van der Waals surface area contributed by atoms with Gasteiger partial charge < -0.3 is 18.9 Å². The van der Waals surface area contributed by atoms with Crippen LogP contribution in [0, 0.1) is 6.92 Å². The average molecular weight is 315 g/mol. The minimum absolute atomic E-state index is 0.00178. The molecule has 0 radical (unpaired) electrons. The molecule has 2 amide bonds. The van der Waals surface area contributed by atoms with Gasteiger partial charge in [-0.1, -0.05) is 5.16 Å². The van der Waals surface area contributed by atoms with E-state index in [9.17, 15) is 9.59 Å². The zero-order chi connectivity index (χ0) is 16.1. The highest BCUT2D eigenvalue weighted by molar-refractivity contribution is 5.94. The van der Waals surface area contributed by atoms with Gasteiger partial charge in [0, 0.05) is 26.3 Å². The number of rotatable bonds is 2. The molecule has 8 heteroatoms. The van der Waals surface area contributed by atoms with E-state index in [1.165, 1.54) is 0 Å². The summed E-state index contributed by atoms with van der Waals surface area (Å²) in [4.78, 5) is 32.4. The summed E-state index contributed by atoms with van der Waals surface area (Å²) in [6.45, 7) is 2.82. The quantitative estimate of drug-likeness (QED) is 0.793. The lowest BCUT2D eigenvalue weighted by Gasteiger charge is -2.35. The third kappa shape index (κ3) is 2.13. The molecule has 0 aromatic carbocycles. The molecule has 0 spiro atoms. The van der Waals surface area contributed by atoms with Gasteiger partial charge in [0.1, 0.15) is 12.1 Å². The van der Waals surface area contributed by atoms with Crippen LogP contribution in [0.1, 0.15) is 28.2 Å². The van der Waals surface area contributed by atoms with E-state index in [2.05, 4.69) is 10.1 Å². The first kappa shape index (κ1) is 14.0. The highest BCUT2D eigenvalue weighted by Crippen LogP contribution is 2.32. The summed E-state index contributed by atoms with van der Waals surface area (Å²) in [5.41, 5.74) is 0.676. The van der Waals surface area contributed by atoms with E-state index >= 15 is 0 Å². The Labute approximate surface area is 132 Å². The number of aryl methyl sites for hydroxylation is 1. The van der Waals surface area contributed by atoms with E-state index in [1.54, 1.807) is 23.8 Å². The fourth-order valence-corrected chi connectivity index (χ4v) is 3.48. The SMILES string of the molecule is Cc1noc(CC(=O)N2C[C@H]3[C@H](C2)n2cccc2C(=O)N3C)n1. The number of hydrogen-bond donors (Lipinski definition) is 0. The lowest BCUT2D eigenvalue weighted by Crippen LogP contribution is -2.48. The molecule has 0 saturated carbocycles. The standard InChI is InChI=1S/C15H17N5O3/c1-9-16-13(23-17-9)6-14(21)19-7-11-12(8-19)20-5-3-4-10(20)15(22)18(11)2/h3-5,11-12H,6-8H2,1-2H3/t11-,12-/m0/s1. The molecule has 1 fully saturated rings. The average Bonchev–Trinajstić information content (AvgIpc) is 3.22. The Morgan fingerprint density at radius 1 is 1.39 bits per heavy atom. The van der Waals surface area contributed by atoms with Crippen molar-refractivity contribution >= 4 is 11.8 Å².